The molecule has 0 aliphatic rings. The zero-order valence-electron chi connectivity index (χ0n) is 37.6. The largest absolute Gasteiger partial charge is 0.490 e. The quantitative estimate of drug-likeness (QED) is 0.0370. The highest BCUT2D eigenvalue weighted by Gasteiger charge is 2.39. The van der Waals surface area contributed by atoms with Crippen LogP contribution < -0.4 is 32.6 Å². The molecular weight excluding hydrogens is 1040 g/mol. The lowest BCUT2D eigenvalue weighted by Gasteiger charge is -2.23. The number of hydrogen-bond donors (Lipinski definition) is 9. The van der Waals surface area contributed by atoms with E-state index in [1.165, 1.54) is 44.0 Å². The molecule has 31 heteroatoms. The number of nitrogen functional groups attached to an aromatic ring is 1. The SMILES string of the molecule is C[C@H](NC(=O)[C@@H](N)CO)C(=O)OC[C@H](COc1ccc(-c2c(C#N)c(N)nc(SCc3coc(-c4ccc(Cl)cc4)n3)c2C#N)cc1)OC(=O)[C@H](C)NC(=O)[C@@H](N)CO.O=C(O)C(F)(F)F.O=C(O)C(F)(F)F. The summed E-state index contributed by atoms with van der Waals surface area (Å²) >= 11 is 7.15. The third-order valence-electron chi connectivity index (χ3n) is 8.67. The number of carboxylic acids is 2. The van der Waals surface area contributed by atoms with Crippen LogP contribution in [0.1, 0.15) is 30.7 Å². The number of alkyl halides is 6. The lowest BCUT2D eigenvalue weighted by Crippen LogP contribution is -2.50. The van der Waals surface area contributed by atoms with E-state index >= 15 is 0 Å². The number of ether oxygens (including phenoxy) is 3. The maximum absolute atomic E-state index is 12.9. The lowest BCUT2D eigenvalue weighted by atomic mass is 9.97. The average Bonchev–Trinajstić information content (AvgIpc) is 3.82. The number of carbonyl (C=O) groups is 6. The van der Waals surface area contributed by atoms with Crippen molar-refractivity contribution in [1.29, 1.82) is 10.5 Å². The number of pyridine rings is 1. The van der Waals surface area contributed by atoms with Crippen LogP contribution >= 0.6 is 23.4 Å². The predicted molar refractivity (Wildman–Crippen MR) is 239 cm³/mol. The number of aromatic nitrogens is 2. The lowest BCUT2D eigenvalue weighted by molar-refractivity contribution is -0.193. The fourth-order valence-corrected chi connectivity index (χ4v) is 5.94. The van der Waals surface area contributed by atoms with Crippen LogP contribution in [0.4, 0.5) is 32.2 Å². The molecule has 0 aliphatic heterocycles. The van der Waals surface area contributed by atoms with Crippen molar-refractivity contribution in [3.63, 3.8) is 0 Å². The van der Waals surface area contributed by atoms with Crippen molar-refractivity contribution in [1.82, 2.24) is 20.6 Å². The number of nitrogens with one attached hydrogen (secondary N) is 2. The number of oxazole rings is 1. The molecule has 0 bridgehead atoms. The third kappa shape index (κ3) is 19.8. The van der Waals surface area contributed by atoms with Crippen LogP contribution in [-0.2, 0) is 44.0 Å². The van der Waals surface area contributed by atoms with Crippen LogP contribution in [0.15, 0.2) is 64.2 Å². The molecule has 4 rings (SSSR count). The van der Waals surface area contributed by atoms with Gasteiger partial charge in [0.2, 0.25) is 17.7 Å². The van der Waals surface area contributed by atoms with E-state index in [-0.39, 0.29) is 45.6 Å². The van der Waals surface area contributed by atoms with E-state index in [1.807, 2.05) is 6.07 Å². The van der Waals surface area contributed by atoms with Crippen molar-refractivity contribution in [2.45, 2.75) is 67.3 Å². The topological polar surface area (TPSA) is 400 Å². The van der Waals surface area contributed by atoms with Gasteiger partial charge < -0.3 is 66.9 Å². The zero-order valence-corrected chi connectivity index (χ0v) is 39.1. The molecule has 0 saturated carbocycles. The molecule has 0 fully saturated rings. The molecule has 0 unspecified atom stereocenters. The van der Waals surface area contributed by atoms with Crippen molar-refractivity contribution in [3.05, 3.63) is 76.6 Å². The number of halogens is 7. The fraction of sp³-hybridized carbons (Fsp3) is 0.333. The van der Waals surface area contributed by atoms with Crippen LogP contribution in [0.2, 0.25) is 5.02 Å². The van der Waals surface area contributed by atoms with Gasteiger partial charge in [-0.05, 0) is 55.8 Å². The maximum Gasteiger partial charge on any atom is 0.490 e. The van der Waals surface area contributed by atoms with Gasteiger partial charge in [0, 0.05) is 21.9 Å². The first-order valence-corrected chi connectivity index (χ1v) is 21.5. The fourth-order valence-electron chi connectivity index (χ4n) is 4.95. The second kappa shape index (κ2) is 28.3. The van der Waals surface area contributed by atoms with E-state index in [0.29, 0.717) is 22.2 Å². The van der Waals surface area contributed by atoms with Gasteiger partial charge in [0.05, 0.1) is 24.5 Å². The molecule has 0 aliphatic carbocycles. The van der Waals surface area contributed by atoms with Crippen molar-refractivity contribution >= 4 is 64.9 Å². The number of nitrogens with two attached hydrogens (primary N) is 3. The number of aliphatic hydroxyl groups excluding tert-OH is 2. The molecule has 394 valence electrons. The van der Waals surface area contributed by atoms with Crippen LogP contribution in [0, 0.1) is 22.7 Å². The maximum atomic E-state index is 12.9. The number of carbonyl (C=O) groups excluding carboxylic acids is 4. The van der Waals surface area contributed by atoms with Crippen molar-refractivity contribution in [2.24, 2.45) is 11.5 Å². The van der Waals surface area contributed by atoms with E-state index in [1.54, 1.807) is 36.4 Å². The number of anilines is 1. The Labute approximate surface area is 417 Å². The Hall–Kier alpha value is -7.74. The molecule has 2 aromatic carbocycles. The summed E-state index contributed by atoms with van der Waals surface area (Å²) in [6.45, 7) is 0.352. The van der Waals surface area contributed by atoms with Gasteiger partial charge >= 0.3 is 36.2 Å². The molecule has 12 N–H and O–H groups in total. The number of amides is 2. The van der Waals surface area contributed by atoms with E-state index in [0.717, 1.165) is 5.56 Å². The van der Waals surface area contributed by atoms with Crippen LogP contribution in [0.5, 0.6) is 5.75 Å². The van der Waals surface area contributed by atoms with Crippen LogP contribution in [0.25, 0.3) is 22.6 Å². The Balaban J connectivity index is 0.00000114. The molecule has 0 radical (unpaired) electrons. The van der Waals surface area contributed by atoms with Gasteiger partial charge in [0.1, 0.15) is 77.9 Å². The van der Waals surface area contributed by atoms with Crippen LogP contribution in [0.3, 0.4) is 0 Å². The summed E-state index contributed by atoms with van der Waals surface area (Å²) in [5.74, 6) is -8.26. The molecule has 2 aromatic heterocycles. The Kier molecular flexibility index (Phi) is 23.8. The smallest absolute Gasteiger partial charge is 0.490 e. The van der Waals surface area contributed by atoms with Gasteiger partial charge in [0.15, 0.2) is 6.10 Å². The molecule has 73 heavy (non-hydrogen) atoms. The highest BCUT2D eigenvalue weighted by atomic mass is 35.5. The molecular formula is C42H42ClF6N9O14S. The minimum Gasteiger partial charge on any atom is -0.490 e. The number of carboxylic acid groups (broad SMARTS) is 2. The number of esters is 2. The molecule has 4 aromatic rings. The number of nitriles is 2. The summed E-state index contributed by atoms with van der Waals surface area (Å²) in [5, 5.41) is 58.2. The first-order chi connectivity index (χ1) is 34.1. The monoisotopic (exact) mass is 1080 g/mol. The van der Waals surface area contributed by atoms with Crippen molar-refractivity contribution < 1.29 is 94.2 Å². The van der Waals surface area contributed by atoms with Gasteiger partial charge in [-0.25, -0.2) is 29.1 Å². The number of benzene rings is 2. The number of aliphatic carboxylic acids is 2. The Bertz CT molecular complexity index is 2630. The number of aliphatic hydroxyl groups is 2. The van der Waals surface area contributed by atoms with Gasteiger partial charge in [-0.3, -0.25) is 9.59 Å². The van der Waals surface area contributed by atoms with Gasteiger partial charge in [-0.1, -0.05) is 35.5 Å². The van der Waals surface area contributed by atoms with Gasteiger partial charge in [-0.15, -0.1) is 0 Å². The van der Waals surface area contributed by atoms with Crippen molar-refractivity contribution in [2.75, 3.05) is 32.2 Å². The highest BCUT2D eigenvalue weighted by molar-refractivity contribution is 7.98. The summed E-state index contributed by atoms with van der Waals surface area (Å²) in [4.78, 5) is 76.3. The predicted octanol–water partition coefficient (Wildman–Crippen LogP) is 2.42. The normalized spacial score (nSPS) is 13.0. The zero-order chi connectivity index (χ0) is 55.4. The molecule has 2 heterocycles. The minimum atomic E-state index is -5.08. The molecule has 2 amide bonds. The second-order valence-corrected chi connectivity index (χ2v) is 15.7. The summed E-state index contributed by atoms with van der Waals surface area (Å²) < 4.78 is 85.7. The summed E-state index contributed by atoms with van der Waals surface area (Å²) in [5.41, 5.74) is 19.2. The van der Waals surface area contributed by atoms with E-state index < -0.39 is 98.1 Å². The average molecular weight is 1080 g/mol. The Morgan fingerprint density at radius 2 is 1.26 bits per heavy atom. The second-order valence-electron chi connectivity index (χ2n) is 14.3. The number of hydrogen-bond acceptors (Lipinski definition) is 20. The Morgan fingerprint density at radius 3 is 1.73 bits per heavy atom. The highest BCUT2D eigenvalue weighted by Crippen LogP contribution is 2.37. The minimum absolute atomic E-state index is 0.0234. The number of nitrogens with zero attached hydrogens (tertiary/aromatic N) is 4. The molecule has 23 nitrogen and oxygen atoms in total. The van der Waals surface area contributed by atoms with Gasteiger partial charge in [0.25, 0.3) is 0 Å². The third-order valence-corrected chi connectivity index (χ3v) is 9.93. The standard InChI is InChI=1S/C38H40ClN9O10S.2C2HF3O2/c1-19(45-33(51)29(42)13-49)37(53)57-17-26(58-38(54)20(2)46-34(52)30(43)14-50)16-55-25-9-5-21(6-10-25)31-27(11-40)32(44)48-36(28(31)12-41)59-18-24-15-56-35(47-24)22-3-7-23(39)8-4-22;2*3-2(4,5)1(6)7/h3-10,15,19-20,26,29-30,49-50H,13-14,16-18,42-43H2,1-2H3,(H2,44,48)(H,45,51)(H,46,52);2*(H,6,7)/t19-,20-,26-,29-,30-;;/m0../s1. The van der Waals surface area contributed by atoms with Crippen molar-refractivity contribution in [3.8, 4) is 40.5 Å². The molecule has 5 atom stereocenters. The first-order valence-electron chi connectivity index (χ1n) is 20.1. The van der Waals surface area contributed by atoms with E-state index in [2.05, 4.69) is 26.7 Å². The summed E-state index contributed by atoms with van der Waals surface area (Å²) in [7, 11) is 0. The number of thioether (sulfide) groups is 1. The number of rotatable bonds is 19. The van der Waals surface area contributed by atoms with E-state index in [4.69, 9.17) is 77.4 Å². The molecule has 0 saturated heterocycles. The summed E-state index contributed by atoms with van der Waals surface area (Å²) in [6.07, 6.45) is -9.95. The van der Waals surface area contributed by atoms with Gasteiger partial charge in [-0.2, -0.15) is 36.9 Å². The Morgan fingerprint density at radius 1 is 0.781 bits per heavy atom. The van der Waals surface area contributed by atoms with Crippen LogP contribution in [-0.4, -0.2) is 135 Å². The van der Waals surface area contributed by atoms with E-state index in [9.17, 15) is 56.0 Å². The summed E-state index contributed by atoms with van der Waals surface area (Å²) in [6, 6.07) is 12.3. The first kappa shape index (κ1) is 61.4. The molecule has 0 spiro atoms.